The zero-order valence-corrected chi connectivity index (χ0v) is 16.8. The Morgan fingerprint density at radius 3 is 2.68 bits per heavy atom. The maximum Gasteiger partial charge on any atom is 0.323 e. The maximum atomic E-state index is 11.3. The number of H-pyrrole nitrogens is 2. The third kappa shape index (κ3) is 4.18. The molecule has 1 aliphatic rings. The molecule has 0 spiro atoms. The van der Waals surface area contributed by atoms with Gasteiger partial charge < -0.3 is 19.6 Å². The number of piperazine rings is 1. The molecular formula is C21H25ClN4O2. The summed E-state index contributed by atoms with van der Waals surface area (Å²) in [5, 5.41) is 0.832. The number of hydrogen-bond acceptors (Lipinski definition) is 4. The highest BCUT2D eigenvalue weighted by Crippen LogP contribution is 2.27. The molecule has 0 aliphatic carbocycles. The van der Waals surface area contributed by atoms with Gasteiger partial charge in [0.2, 0.25) is 0 Å². The first kappa shape index (κ1) is 18.9. The van der Waals surface area contributed by atoms with Crippen LogP contribution in [0.2, 0.25) is 5.02 Å². The number of nitrogens with one attached hydrogen (secondary N) is 2. The molecule has 0 atom stereocenters. The van der Waals surface area contributed by atoms with E-state index in [1.54, 1.807) is 0 Å². The Morgan fingerprint density at radius 1 is 1.07 bits per heavy atom. The van der Waals surface area contributed by atoms with Crippen LogP contribution in [0.15, 0.2) is 41.2 Å². The van der Waals surface area contributed by atoms with Crippen LogP contribution in [-0.4, -0.2) is 54.2 Å². The quantitative estimate of drug-likeness (QED) is 0.622. The molecule has 3 aromatic rings. The summed E-state index contributed by atoms with van der Waals surface area (Å²) in [7, 11) is 0. The monoisotopic (exact) mass is 400 g/mol. The second-order valence-corrected chi connectivity index (χ2v) is 7.61. The number of fused-ring (bicyclic) bond motifs is 1. The van der Waals surface area contributed by atoms with Crippen molar-refractivity contribution in [3.63, 3.8) is 0 Å². The van der Waals surface area contributed by atoms with E-state index in [1.165, 1.54) is 5.69 Å². The van der Waals surface area contributed by atoms with Crippen molar-refractivity contribution < 1.29 is 4.74 Å². The SMILES string of the molecule is Cc1c(Cl)cccc1N1CCN(CCCOc2ccc3[nH]c(=O)[nH]c3c2)CC1. The molecule has 2 N–H and O–H groups in total. The largest absolute Gasteiger partial charge is 0.493 e. The topological polar surface area (TPSA) is 64.4 Å². The summed E-state index contributed by atoms with van der Waals surface area (Å²) in [6.45, 7) is 7.88. The van der Waals surface area contributed by atoms with Crippen molar-refractivity contribution in [2.45, 2.75) is 13.3 Å². The third-order valence-electron chi connectivity index (χ3n) is 5.33. The summed E-state index contributed by atoms with van der Waals surface area (Å²) in [6.07, 6.45) is 0.970. The normalized spacial score (nSPS) is 15.3. The summed E-state index contributed by atoms with van der Waals surface area (Å²) < 4.78 is 5.85. The molecule has 2 aromatic carbocycles. The van der Waals surface area contributed by atoms with Gasteiger partial charge in [0, 0.05) is 49.5 Å². The van der Waals surface area contributed by atoms with E-state index >= 15 is 0 Å². The van der Waals surface area contributed by atoms with E-state index in [0.29, 0.717) is 6.61 Å². The van der Waals surface area contributed by atoms with Crippen LogP contribution in [-0.2, 0) is 0 Å². The van der Waals surface area contributed by atoms with Crippen molar-refractivity contribution in [3.8, 4) is 5.75 Å². The van der Waals surface area contributed by atoms with E-state index in [1.807, 2.05) is 30.3 Å². The van der Waals surface area contributed by atoms with E-state index in [0.717, 1.165) is 66.5 Å². The van der Waals surface area contributed by atoms with Crippen molar-refractivity contribution >= 4 is 28.3 Å². The lowest BCUT2D eigenvalue weighted by Gasteiger charge is -2.37. The summed E-state index contributed by atoms with van der Waals surface area (Å²) in [4.78, 5) is 21.7. The van der Waals surface area contributed by atoms with E-state index in [-0.39, 0.29) is 5.69 Å². The minimum Gasteiger partial charge on any atom is -0.493 e. The van der Waals surface area contributed by atoms with Crippen molar-refractivity contribution in [3.05, 3.63) is 57.5 Å². The van der Waals surface area contributed by atoms with Crippen LogP contribution in [0.25, 0.3) is 11.0 Å². The summed E-state index contributed by atoms with van der Waals surface area (Å²) in [5.74, 6) is 0.781. The number of rotatable bonds is 6. The first-order chi connectivity index (χ1) is 13.6. The maximum absolute atomic E-state index is 11.3. The molecular weight excluding hydrogens is 376 g/mol. The first-order valence-corrected chi connectivity index (χ1v) is 10.1. The van der Waals surface area contributed by atoms with Gasteiger partial charge in [0.1, 0.15) is 5.75 Å². The Labute approximate surface area is 169 Å². The highest BCUT2D eigenvalue weighted by Gasteiger charge is 2.18. The lowest BCUT2D eigenvalue weighted by molar-refractivity contribution is 0.225. The van der Waals surface area contributed by atoms with Crippen molar-refractivity contribution in [1.29, 1.82) is 0 Å². The van der Waals surface area contributed by atoms with Crippen LogP contribution in [0.3, 0.4) is 0 Å². The number of anilines is 1. The fourth-order valence-corrected chi connectivity index (χ4v) is 3.90. The van der Waals surface area contributed by atoms with Gasteiger partial charge >= 0.3 is 5.69 Å². The Morgan fingerprint density at radius 2 is 1.86 bits per heavy atom. The molecule has 1 saturated heterocycles. The minimum atomic E-state index is -0.195. The Kier molecular flexibility index (Phi) is 5.59. The molecule has 0 bridgehead atoms. The van der Waals surface area contributed by atoms with Gasteiger partial charge in [0.15, 0.2) is 0 Å². The molecule has 0 radical (unpaired) electrons. The van der Waals surface area contributed by atoms with Crippen molar-refractivity contribution in [2.75, 3.05) is 44.2 Å². The van der Waals surface area contributed by atoms with Gasteiger partial charge in [-0.2, -0.15) is 0 Å². The average molecular weight is 401 g/mol. The lowest BCUT2D eigenvalue weighted by Crippen LogP contribution is -2.47. The van der Waals surface area contributed by atoms with Crippen LogP contribution in [0.4, 0.5) is 5.69 Å². The van der Waals surface area contributed by atoms with Gasteiger partial charge in [-0.1, -0.05) is 17.7 Å². The predicted molar refractivity (Wildman–Crippen MR) is 114 cm³/mol. The summed E-state index contributed by atoms with van der Waals surface area (Å²) in [5.41, 5.74) is 3.78. The number of ether oxygens (including phenoxy) is 1. The molecule has 0 unspecified atom stereocenters. The average Bonchev–Trinajstić information content (AvgIpc) is 3.07. The van der Waals surface area contributed by atoms with E-state index in [9.17, 15) is 4.79 Å². The lowest BCUT2D eigenvalue weighted by atomic mass is 10.1. The number of aromatic amines is 2. The number of halogens is 1. The van der Waals surface area contributed by atoms with Gasteiger partial charge in [0.05, 0.1) is 17.6 Å². The molecule has 1 fully saturated rings. The minimum absolute atomic E-state index is 0.195. The van der Waals surface area contributed by atoms with Crippen LogP contribution in [0.5, 0.6) is 5.75 Å². The smallest absolute Gasteiger partial charge is 0.323 e. The molecule has 0 amide bonds. The fourth-order valence-electron chi connectivity index (χ4n) is 3.73. The molecule has 148 valence electrons. The van der Waals surface area contributed by atoms with Gasteiger partial charge in [-0.3, -0.25) is 4.90 Å². The number of aromatic nitrogens is 2. The van der Waals surface area contributed by atoms with E-state index in [4.69, 9.17) is 16.3 Å². The van der Waals surface area contributed by atoms with Crippen molar-refractivity contribution in [2.24, 2.45) is 0 Å². The predicted octanol–water partition coefficient (Wildman–Crippen LogP) is 3.41. The second kappa shape index (κ2) is 8.29. The molecule has 1 aliphatic heterocycles. The number of benzene rings is 2. The van der Waals surface area contributed by atoms with Crippen molar-refractivity contribution in [1.82, 2.24) is 14.9 Å². The van der Waals surface area contributed by atoms with Crippen LogP contribution >= 0.6 is 11.6 Å². The third-order valence-corrected chi connectivity index (χ3v) is 5.74. The van der Waals surface area contributed by atoms with E-state index < -0.39 is 0 Å². The standard InChI is InChI=1S/C21H25ClN4O2/c1-15-17(22)4-2-5-20(15)26-11-9-25(10-12-26)8-3-13-28-16-6-7-18-19(14-16)24-21(27)23-18/h2,4-7,14H,3,8-13H2,1H3,(H2,23,24,27). The first-order valence-electron chi connectivity index (χ1n) is 9.67. The van der Waals surface area contributed by atoms with Gasteiger partial charge in [0.25, 0.3) is 0 Å². The molecule has 2 heterocycles. The summed E-state index contributed by atoms with van der Waals surface area (Å²) in [6, 6.07) is 11.7. The van der Waals surface area contributed by atoms with E-state index in [2.05, 4.69) is 32.8 Å². The zero-order chi connectivity index (χ0) is 19.5. The van der Waals surface area contributed by atoms with Crippen LogP contribution in [0.1, 0.15) is 12.0 Å². The molecule has 28 heavy (non-hydrogen) atoms. The Hall–Kier alpha value is -2.44. The molecule has 1 aromatic heterocycles. The molecule has 7 heteroatoms. The highest BCUT2D eigenvalue weighted by atomic mass is 35.5. The highest BCUT2D eigenvalue weighted by molar-refractivity contribution is 6.31. The second-order valence-electron chi connectivity index (χ2n) is 7.20. The van der Waals surface area contributed by atoms with Crippen LogP contribution < -0.4 is 15.3 Å². The molecule has 4 rings (SSSR count). The number of nitrogens with zero attached hydrogens (tertiary/aromatic N) is 2. The Bertz CT molecular complexity index is 1010. The fraction of sp³-hybridized carbons (Fsp3) is 0.381. The Balaban J connectivity index is 1.22. The van der Waals surface area contributed by atoms with Gasteiger partial charge in [-0.25, -0.2) is 4.79 Å². The zero-order valence-electron chi connectivity index (χ0n) is 16.0. The summed E-state index contributed by atoms with van der Waals surface area (Å²) >= 11 is 6.26. The van der Waals surface area contributed by atoms with Crippen LogP contribution in [0, 0.1) is 6.92 Å². The molecule has 0 saturated carbocycles. The molecule has 6 nitrogen and oxygen atoms in total. The van der Waals surface area contributed by atoms with Gasteiger partial charge in [-0.15, -0.1) is 0 Å². The van der Waals surface area contributed by atoms with Gasteiger partial charge in [-0.05, 0) is 43.2 Å². The number of hydrogen-bond donors (Lipinski definition) is 2. The number of imidazole rings is 1.